The molecule has 2 unspecified atom stereocenters. The molecule has 6 nitrogen and oxygen atoms in total. The largest absolute Gasteiger partial charge is 0.391 e. The molecule has 2 fully saturated rings. The number of hydrazine groups is 1. The second-order valence-corrected chi connectivity index (χ2v) is 5.99. The molecule has 2 aliphatic rings. The van der Waals surface area contributed by atoms with E-state index in [0.29, 0.717) is 12.6 Å². The van der Waals surface area contributed by atoms with Gasteiger partial charge in [0.2, 0.25) is 5.96 Å². The monoisotopic (exact) mass is 269 g/mol. The highest BCUT2D eigenvalue weighted by atomic mass is 16.3. The molecule has 1 aliphatic heterocycles. The number of likely N-dealkylation sites (N-methyl/N-ethyl adjacent to an activating group) is 1. The lowest BCUT2D eigenvalue weighted by atomic mass is 10.2. The van der Waals surface area contributed by atoms with Gasteiger partial charge in [0.25, 0.3) is 0 Å². The zero-order valence-electron chi connectivity index (χ0n) is 12.0. The third-order valence-electron chi connectivity index (χ3n) is 4.00. The van der Waals surface area contributed by atoms with Crippen LogP contribution in [-0.4, -0.2) is 66.2 Å². The quantitative estimate of drug-likeness (QED) is 0.285. The van der Waals surface area contributed by atoms with E-state index in [0.717, 1.165) is 31.8 Å². The number of hydrogen-bond donors (Lipinski definition) is 3. The molecule has 1 saturated heterocycles. The van der Waals surface area contributed by atoms with Crippen LogP contribution >= 0.6 is 0 Å². The molecular weight excluding hydrogens is 242 g/mol. The number of aliphatic hydroxyl groups excluding tert-OH is 1. The highest BCUT2D eigenvalue weighted by Crippen LogP contribution is 2.23. The summed E-state index contributed by atoms with van der Waals surface area (Å²) in [5.74, 6) is 6.40. The molecule has 4 N–H and O–H groups in total. The van der Waals surface area contributed by atoms with Gasteiger partial charge in [0.1, 0.15) is 0 Å². The lowest BCUT2D eigenvalue weighted by molar-refractivity contribution is 0.187. The van der Waals surface area contributed by atoms with Crippen molar-refractivity contribution in [2.75, 3.05) is 27.2 Å². The van der Waals surface area contributed by atoms with Crippen LogP contribution in [-0.2, 0) is 0 Å². The molecule has 6 heteroatoms. The minimum Gasteiger partial charge on any atom is -0.391 e. The van der Waals surface area contributed by atoms with Crippen LogP contribution in [0.4, 0.5) is 0 Å². The first-order valence-electron chi connectivity index (χ1n) is 7.24. The number of aliphatic imine (C=N–C) groups is 1. The van der Waals surface area contributed by atoms with E-state index in [1.807, 2.05) is 14.1 Å². The number of likely N-dealkylation sites (tertiary alicyclic amines) is 1. The number of nitrogens with zero attached hydrogens (tertiary/aromatic N) is 3. The highest BCUT2D eigenvalue weighted by molar-refractivity contribution is 5.80. The minimum atomic E-state index is -0.285. The van der Waals surface area contributed by atoms with Gasteiger partial charge < -0.3 is 14.9 Å². The maximum atomic E-state index is 9.90. The molecule has 0 bridgehead atoms. The van der Waals surface area contributed by atoms with E-state index in [9.17, 15) is 5.11 Å². The molecule has 0 radical (unpaired) electrons. The van der Waals surface area contributed by atoms with Gasteiger partial charge in [0.15, 0.2) is 0 Å². The van der Waals surface area contributed by atoms with Gasteiger partial charge in [-0.05, 0) is 33.4 Å². The smallest absolute Gasteiger partial charge is 0.209 e. The zero-order chi connectivity index (χ0) is 13.8. The minimum absolute atomic E-state index is 0.279. The van der Waals surface area contributed by atoms with Crippen LogP contribution in [0.1, 0.15) is 32.1 Å². The molecule has 1 heterocycles. The lowest BCUT2D eigenvalue weighted by Crippen LogP contribution is -2.50. The molecule has 0 spiro atoms. The summed E-state index contributed by atoms with van der Waals surface area (Å²) in [7, 11) is 4.10. The van der Waals surface area contributed by atoms with Gasteiger partial charge in [-0.3, -0.25) is 5.43 Å². The zero-order valence-corrected chi connectivity index (χ0v) is 12.0. The topological polar surface area (TPSA) is 77.1 Å². The van der Waals surface area contributed by atoms with Gasteiger partial charge in [-0.25, -0.2) is 10.8 Å². The Kier molecular flexibility index (Phi) is 5.01. The Balaban J connectivity index is 2.06. The Morgan fingerprint density at radius 1 is 1.42 bits per heavy atom. The van der Waals surface area contributed by atoms with Crippen molar-refractivity contribution in [2.24, 2.45) is 10.8 Å². The summed E-state index contributed by atoms with van der Waals surface area (Å²) in [4.78, 5) is 9.01. The molecule has 0 aromatic carbocycles. The summed E-state index contributed by atoms with van der Waals surface area (Å²) in [6, 6.07) is 0.671. The average molecular weight is 269 g/mol. The summed E-state index contributed by atoms with van der Waals surface area (Å²) >= 11 is 0. The first-order chi connectivity index (χ1) is 9.10. The summed E-state index contributed by atoms with van der Waals surface area (Å²) in [6.07, 6.45) is 5.32. The first kappa shape index (κ1) is 14.6. The van der Waals surface area contributed by atoms with E-state index in [2.05, 4.69) is 15.2 Å². The molecule has 0 amide bonds. The van der Waals surface area contributed by atoms with Gasteiger partial charge in [-0.1, -0.05) is 12.8 Å². The Morgan fingerprint density at radius 2 is 2.11 bits per heavy atom. The van der Waals surface area contributed by atoms with Crippen molar-refractivity contribution in [3.8, 4) is 0 Å². The normalized spacial score (nSPS) is 29.5. The number of hydrogen-bond acceptors (Lipinski definition) is 4. The second-order valence-electron chi connectivity index (χ2n) is 5.99. The summed E-state index contributed by atoms with van der Waals surface area (Å²) in [6.45, 7) is 1.52. The molecule has 0 aromatic heterocycles. The average Bonchev–Trinajstić information content (AvgIpc) is 2.95. The number of nitrogens with one attached hydrogen (secondary N) is 1. The van der Waals surface area contributed by atoms with Crippen molar-refractivity contribution in [3.05, 3.63) is 0 Å². The van der Waals surface area contributed by atoms with Gasteiger partial charge in [-0.2, -0.15) is 0 Å². The van der Waals surface area contributed by atoms with Crippen molar-refractivity contribution in [1.29, 1.82) is 0 Å². The van der Waals surface area contributed by atoms with E-state index in [1.165, 1.54) is 12.8 Å². The molecule has 1 saturated carbocycles. The van der Waals surface area contributed by atoms with Gasteiger partial charge in [-0.15, -0.1) is 0 Å². The maximum absolute atomic E-state index is 9.90. The number of guanidine groups is 1. The number of nitrogens with two attached hydrogens (primary N) is 1. The first-order valence-corrected chi connectivity index (χ1v) is 7.24. The second kappa shape index (κ2) is 6.54. The number of aliphatic hydroxyl groups is 1. The SMILES string of the molecule is CN(C)CC1CC(O)CN1C(=NC1CCCC1)NN. The summed E-state index contributed by atoms with van der Waals surface area (Å²) in [5.41, 5.74) is 2.74. The van der Waals surface area contributed by atoms with Crippen molar-refractivity contribution >= 4 is 5.96 Å². The van der Waals surface area contributed by atoms with E-state index in [1.54, 1.807) is 0 Å². The molecular formula is C13H27N5O. The van der Waals surface area contributed by atoms with Crippen LogP contribution in [0.5, 0.6) is 0 Å². The predicted octanol–water partition coefficient (Wildman–Crippen LogP) is -0.255. The van der Waals surface area contributed by atoms with Crippen molar-refractivity contribution in [1.82, 2.24) is 15.2 Å². The molecule has 110 valence electrons. The standard InChI is InChI=1S/C13H27N5O/c1-17(2)8-11-7-12(19)9-18(11)13(16-14)15-10-5-3-4-6-10/h10-12,19H,3-9,14H2,1-2H3,(H,15,16). The predicted molar refractivity (Wildman–Crippen MR) is 76.7 cm³/mol. The van der Waals surface area contributed by atoms with Gasteiger partial charge in [0.05, 0.1) is 12.1 Å². The fourth-order valence-electron chi connectivity index (χ4n) is 3.15. The van der Waals surface area contributed by atoms with Crippen LogP contribution in [0.2, 0.25) is 0 Å². The Hall–Kier alpha value is -0.850. The van der Waals surface area contributed by atoms with Crippen LogP contribution in [0.25, 0.3) is 0 Å². The summed E-state index contributed by atoms with van der Waals surface area (Å²) < 4.78 is 0. The van der Waals surface area contributed by atoms with E-state index in [4.69, 9.17) is 10.8 Å². The Labute approximate surface area is 115 Å². The maximum Gasteiger partial charge on any atom is 0.209 e. The fraction of sp³-hybridized carbons (Fsp3) is 0.923. The van der Waals surface area contributed by atoms with Crippen LogP contribution in [0.15, 0.2) is 4.99 Å². The van der Waals surface area contributed by atoms with E-state index in [-0.39, 0.29) is 12.1 Å². The highest BCUT2D eigenvalue weighted by Gasteiger charge is 2.33. The van der Waals surface area contributed by atoms with Crippen LogP contribution in [0, 0.1) is 0 Å². The molecule has 19 heavy (non-hydrogen) atoms. The van der Waals surface area contributed by atoms with E-state index >= 15 is 0 Å². The van der Waals surface area contributed by atoms with Gasteiger partial charge in [0, 0.05) is 19.1 Å². The third-order valence-corrected chi connectivity index (χ3v) is 4.00. The van der Waals surface area contributed by atoms with Crippen molar-refractivity contribution in [2.45, 2.75) is 50.3 Å². The molecule has 2 rings (SSSR count). The third kappa shape index (κ3) is 3.81. The van der Waals surface area contributed by atoms with Crippen LogP contribution < -0.4 is 11.3 Å². The van der Waals surface area contributed by atoms with Crippen LogP contribution in [0.3, 0.4) is 0 Å². The Morgan fingerprint density at radius 3 is 2.68 bits per heavy atom. The lowest BCUT2D eigenvalue weighted by Gasteiger charge is -2.29. The number of β-amino-alcohol motifs (C(OH)–C–C–N with tert-alkyl or cyclic N) is 1. The molecule has 1 aliphatic carbocycles. The van der Waals surface area contributed by atoms with E-state index < -0.39 is 0 Å². The summed E-state index contributed by atoms with van der Waals surface area (Å²) in [5, 5.41) is 9.90. The van der Waals surface area contributed by atoms with Gasteiger partial charge >= 0.3 is 0 Å². The fourth-order valence-corrected chi connectivity index (χ4v) is 3.15. The van der Waals surface area contributed by atoms with Crippen molar-refractivity contribution < 1.29 is 5.11 Å². The molecule has 2 atom stereocenters. The van der Waals surface area contributed by atoms with Crippen molar-refractivity contribution in [3.63, 3.8) is 0 Å². The number of rotatable bonds is 3. The Bertz CT molecular complexity index is 314. The molecule has 0 aromatic rings.